The predicted octanol–water partition coefficient (Wildman–Crippen LogP) is -0.171. The quantitative estimate of drug-likeness (QED) is 0.203. The number of rotatable bonds is 9. The van der Waals surface area contributed by atoms with E-state index in [0.717, 1.165) is 9.13 Å². The molecule has 14 nitrogen and oxygen atoms in total. The fourth-order valence-corrected chi connectivity index (χ4v) is 5.98. The SMILES string of the molecule is Cn1c(=O)n([C@@H]2O[C@H](COP(=O)(O)CP(=O)(O)O)[C@@H](O)[C@H]2O)cc/c1=N/OCc1ccccc1Cl. The maximum absolute atomic E-state index is 12.8. The van der Waals surface area contributed by atoms with E-state index in [2.05, 4.69) is 9.68 Å². The highest BCUT2D eigenvalue weighted by Gasteiger charge is 2.45. The minimum atomic E-state index is -4.85. The van der Waals surface area contributed by atoms with Gasteiger partial charge in [0.2, 0.25) is 0 Å². The van der Waals surface area contributed by atoms with Gasteiger partial charge in [0.15, 0.2) is 17.6 Å². The first-order chi connectivity index (χ1) is 16.3. The van der Waals surface area contributed by atoms with E-state index in [-0.39, 0.29) is 12.1 Å². The van der Waals surface area contributed by atoms with Crippen molar-refractivity contribution in [2.45, 2.75) is 31.1 Å². The molecule has 0 spiro atoms. The summed E-state index contributed by atoms with van der Waals surface area (Å²) in [6.07, 6.45) is -4.77. The van der Waals surface area contributed by atoms with Gasteiger partial charge in [-0.25, -0.2) is 4.79 Å². The molecule has 1 aliphatic heterocycles. The Morgan fingerprint density at radius 2 is 1.83 bits per heavy atom. The van der Waals surface area contributed by atoms with Crippen molar-refractivity contribution in [2.75, 3.05) is 12.5 Å². The molecule has 0 amide bonds. The summed E-state index contributed by atoms with van der Waals surface area (Å²) in [6.45, 7) is -0.718. The van der Waals surface area contributed by atoms with E-state index < -0.39 is 57.9 Å². The van der Waals surface area contributed by atoms with Gasteiger partial charge in [-0.1, -0.05) is 35.0 Å². The summed E-state index contributed by atoms with van der Waals surface area (Å²) >= 11 is 6.06. The number of ether oxygens (including phenoxy) is 1. The van der Waals surface area contributed by atoms with Gasteiger partial charge in [-0.15, -0.1) is 0 Å². The molecule has 17 heteroatoms. The van der Waals surface area contributed by atoms with Crippen molar-refractivity contribution in [1.29, 1.82) is 0 Å². The van der Waals surface area contributed by atoms with Gasteiger partial charge < -0.3 is 39.0 Å². The van der Waals surface area contributed by atoms with E-state index in [1.54, 1.807) is 24.3 Å². The first-order valence-corrected chi connectivity index (χ1v) is 13.9. The summed E-state index contributed by atoms with van der Waals surface area (Å²) in [5.41, 5.74) is 0.122. The minimum absolute atomic E-state index is 0.0534. The molecule has 1 aromatic carbocycles. The maximum atomic E-state index is 12.8. The highest BCUT2D eigenvalue weighted by Crippen LogP contribution is 2.55. The molecule has 2 aromatic rings. The maximum Gasteiger partial charge on any atom is 0.340 e. The third-order valence-electron chi connectivity index (χ3n) is 4.99. The van der Waals surface area contributed by atoms with Crippen molar-refractivity contribution in [3.05, 3.63) is 63.1 Å². The Morgan fingerprint density at radius 3 is 2.49 bits per heavy atom. The predicted molar refractivity (Wildman–Crippen MR) is 120 cm³/mol. The van der Waals surface area contributed by atoms with Crippen LogP contribution in [0.15, 0.2) is 46.5 Å². The molecule has 2 heterocycles. The number of benzene rings is 1. The molecular formula is C18H24ClN3O11P2. The van der Waals surface area contributed by atoms with Crippen molar-refractivity contribution in [2.24, 2.45) is 12.2 Å². The third kappa shape index (κ3) is 7.11. The largest absolute Gasteiger partial charge is 0.389 e. The van der Waals surface area contributed by atoms with Gasteiger partial charge >= 0.3 is 20.9 Å². The normalized spacial score (nSPS) is 24.9. The number of hydrogen-bond donors (Lipinski definition) is 5. The molecule has 0 aliphatic carbocycles. The fraction of sp³-hybridized carbons (Fsp3) is 0.444. The standard InChI is InChI=1S/C18H24ClN3O11P2/c1-21-14(20-31-8-11-4-2-3-5-12(11)19)6-7-22(18(21)25)17-16(24)15(23)13(33-17)9-32-35(29,30)10-34(26,27)28/h2-7,13,15-17,23-24H,8-10H2,1H3,(H,29,30)(H2,26,27,28)/b20-14-/t13-,15-,16-,17-/m1/s1. The summed E-state index contributed by atoms with van der Waals surface area (Å²) in [6, 6.07) is 8.38. The summed E-state index contributed by atoms with van der Waals surface area (Å²) in [4.78, 5) is 45.3. The lowest BCUT2D eigenvalue weighted by atomic mass is 10.1. The zero-order valence-electron chi connectivity index (χ0n) is 18.2. The highest BCUT2D eigenvalue weighted by molar-refractivity contribution is 7.70. The van der Waals surface area contributed by atoms with Crippen molar-refractivity contribution in [3.63, 3.8) is 0 Å². The van der Waals surface area contributed by atoms with Crippen LogP contribution in [0.25, 0.3) is 0 Å². The highest BCUT2D eigenvalue weighted by atomic mass is 35.5. The Hall–Kier alpha value is -1.83. The van der Waals surface area contributed by atoms with Crippen LogP contribution in [-0.4, -0.2) is 64.8 Å². The van der Waals surface area contributed by atoms with E-state index >= 15 is 0 Å². The zero-order valence-corrected chi connectivity index (χ0v) is 20.7. The summed E-state index contributed by atoms with van der Waals surface area (Å²) in [5.74, 6) is -1.42. The summed E-state index contributed by atoms with van der Waals surface area (Å²) < 4.78 is 34.9. The Balaban J connectivity index is 1.72. The lowest BCUT2D eigenvalue weighted by Gasteiger charge is -2.19. The van der Waals surface area contributed by atoms with E-state index in [1.807, 2.05) is 0 Å². The van der Waals surface area contributed by atoms with Crippen LogP contribution in [0.1, 0.15) is 11.8 Å². The van der Waals surface area contributed by atoms with Gasteiger partial charge in [-0.3, -0.25) is 18.3 Å². The average Bonchev–Trinajstić information content (AvgIpc) is 3.03. The van der Waals surface area contributed by atoms with Crippen molar-refractivity contribution < 1.29 is 48.1 Å². The lowest BCUT2D eigenvalue weighted by molar-refractivity contribution is -0.0530. The van der Waals surface area contributed by atoms with Crippen LogP contribution in [0.3, 0.4) is 0 Å². The lowest BCUT2D eigenvalue weighted by Crippen LogP contribution is -2.42. The summed E-state index contributed by atoms with van der Waals surface area (Å²) in [7, 11) is -8.17. The molecule has 0 bridgehead atoms. The monoisotopic (exact) mass is 555 g/mol. The van der Waals surface area contributed by atoms with E-state index in [9.17, 15) is 29.0 Å². The smallest absolute Gasteiger partial charge is 0.340 e. The Labute approximate surface area is 203 Å². The van der Waals surface area contributed by atoms with Gasteiger partial charge in [0.05, 0.1) is 6.61 Å². The second kappa shape index (κ2) is 11.1. The molecule has 1 saturated heterocycles. The number of hydrogen-bond acceptors (Lipinski definition) is 9. The van der Waals surface area contributed by atoms with Crippen LogP contribution in [-0.2, 0) is 36.9 Å². The van der Waals surface area contributed by atoms with E-state index in [4.69, 9.17) is 31.0 Å². The molecule has 0 radical (unpaired) electrons. The minimum Gasteiger partial charge on any atom is -0.389 e. The van der Waals surface area contributed by atoms with Gasteiger partial charge in [0.1, 0.15) is 24.9 Å². The number of aliphatic hydroxyl groups excluding tert-OH is 2. The molecule has 1 aromatic heterocycles. The number of halogens is 1. The van der Waals surface area contributed by atoms with Gasteiger partial charge in [-0.05, 0) is 6.07 Å². The number of aliphatic hydroxyl groups is 2. The molecule has 1 unspecified atom stereocenters. The fourth-order valence-electron chi connectivity index (χ4n) is 3.22. The average molecular weight is 556 g/mol. The van der Waals surface area contributed by atoms with E-state index in [1.165, 1.54) is 19.3 Å². The molecule has 194 valence electrons. The molecule has 1 fully saturated rings. The van der Waals surface area contributed by atoms with Crippen LogP contribution in [0.5, 0.6) is 0 Å². The molecular weight excluding hydrogens is 532 g/mol. The van der Waals surface area contributed by atoms with Gasteiger partial charge in [0, 0.05) is 29.9 Å². The topological polar surface area (TPSA) is 202 Å². The van der Waals surface area contributed by atoms with Crippen molar-refractivity contribution in [1.82, 2.24) is 9.13 Å². The van der Waals surface area contributed by atoms with Gasteiger partial charge in [0.25, 0.3) is 0 Å². The Bertz CT molecular complexity index is 1280. The second-order valence-electron chi connectivity index (χ2n) is 7.66. The number of aromatic nitrogens is 2. The Morgan fingerprint density at radius 1 is 1.14 bits per heavy atom. The Kier molecular flexibility index (Phi) is 8.77. The van der Waals surface area contributed by atoms with Crippen LogP contribution >= 0.6 is 26.8 Å². The van der Waals surface area contributed by atoms with Crippen LogP contribution in [0.4, 0.5) is 0 Å². The molecule has 35 heavy (non-hydrogen) atoms. The van der Waals surface area contributed by atoms with Crippen LogP contribution < -0.4 is 11.2 Å². The second-order valence-corrected chi connectivity index (χ2v) is 12.1. The van der Waals surface area contributed by atoms with Crippen LogP contribution in [0.2, 0.25) is 5.02 Å². The van der Waals surface area contributed by atoms with Crippen LogP contribution in [0, 0.1) is 0 Å². The molecule has 1 aliphatic rings. The third-order valence-corrected chi connectivity index (χ3v) is 8.81. The number of nitrogens with zero attached hydrogens (tertiary/aromatic N) is 3. The first kappa shape index (κ1) is 27.8. The molecule has 5 atom stereocenters. The van der Waals surface area contributed by atoms with Crippen molar-refractivity contribution >= 4 is 26.8 Å². The van der Waals surface area contributed by atoms with E-state index in [0.29, 0.717) is 10.6 Å². The molecule has 5 N–H and O–H groups in total. The first-order valence-electron chi connectivity index (χ1n) is 9.99. The van der Waals surface area contributed by atoms with Gasteiger partial charge in [-0.2, -0.15) is 0 Å². The summed E-state index contributed by atoms with van der Waals surface area (Å²) in [5, 5.41) is 25.0. The van der Waals surface area contributed by atoms with Crippen molar-refractivity contribution in [3.8, 4) is 0 Å². The molecule has 3 rings (SSSR count). The molecule has 0 saturated carbocycles. The zero-order chi connectivity index (χ0) is 26.0.